The maximum absolute atomic E-state index is 5.70. The minimum atomic E-state index is 0.124. The van der Waals surface area contributed by atoms with E-state index in [1.54, 1.807) is 14.2 Å². The van der Waals surface area contributed by atoms with Crippen molar-refractivity contribution in [1.29, 1.82) is 0 Å². The molecule has 1 rings (SSSR count). The average molecular weight is 225 g/mol. The number of methoxy groups -OCH3 is 1. The summed E-state index contributed by atoms with van der Waals surface area (Å²) in [5.74, 6) is 1.67. The predicted molar refractivity (Wildman–Crippen MR) is 63.1 cm³/mol. The van der Waals surface area contributed by atoms with Gasteiger partial charge in [0.1, 0.15) is 6.33 Å². The molecule has 0 amide bonds. The lowest BCUT2D eigenvalue weighted by Crippen LogP contribution is -2.13. The van der Waals surface area contributed by atoms with Gasteiger partial charge < -0.3 is 14.8 Å². The molecule has 1 aromatic heterocycles. The second-order valence-electron chi connectivity index (χ2n) is 3.53. The van der Waals surface area contributed by atoms with E-state index in [1.165, 1.54) is 6.33 Å². The first-order valence-electron chi connectivity index (χ1n) is 5.46. The van der Waals surface area contributed by atoms with Gasteiger partial charge in [-0.05, 0) is 13.3 Å². The smallest absolute Gasteiger partial charge is 0.262 e. The average Bonchev–Trinajstić information content (AvgIpc) is 2.29. The van der Waals surface area contributed by atoms with Crippen molar-refractivity contribution in [2.24, 2.45) is 0 Å². The normalized spacial score (nSPS) is 12.0. The van der Waals surface area contributed by atoms with Crippen molar-refractivity contribution in [2.45, 2.75) is 32.8 Å². The third kappa shape index (κ3) is 2.98. The van der Waals surface area contributed by atoms with Crippen LogP contribution < -0.4 is 14.8 Å². The minimum absolute atomic E-state index is 0.124. The van der Waals surface area contributed by atoms with Gasteiger partial charge in [-0.2, -0.15) is 4.98 Å². The van der Waals surface area contributed by atoms with Crippen LogP contribution in [0.1, 0.15) is 26.7 Å². The SMILES string of the molecule is CCCC(C)Oc1ncnc(NC)c1OC. The van der Waals surface area contributed by atoms with Gasteiger partial charge in [0.25, 0.3) is 5.88 Å². The first kappa shape index (κ1) is 12.5. The first-order chi connectivity index (χ1) is 7.72. The summed E-state index contributed by atoms with van der Waals surface area (Å²) in [6.45, 7) is 4.14. The summed E-state index contributed by atoms with van der Waals surface area (Å²) in [6.07, 6.45) is 3.65. The van der Waals surface area contributed by atoms with Crippen LogP contribution in [0.3, 0.4) is 0 Å². The van der Waals surface area contributed by atoms with Crippen LogP contribution in [0.15, 0.2) is 6.33 Å². The number of anilines is 1. The zero-order valence-electron chi connectivity index (χ0n) is 10.3. The summed E-state index contributed by atoms with van der Waals surface area (Å²) in [6, 6.07) is 0. The Bertz CT molecular complexity index is 331. The number of nitrogens with one attached hydrogen (secondary N) is 1. The predicted octanol–water partition coefficient (Wildman–Crippen LogP) is 2.09. The molecule has 1 atom stereocenters. The highest BCUT2D eigenvalue weighted by Crippen LogP contribution is 2.31. The van der Waals surface area contributed by atoms with Crippen molar-refractivity contribution >= 4 is 5.82 Å². The van der Waals surface area contributed by atoms with E-state index in [-0.39, 0.29) is 6.10 Å². The van der Waals surface area contributed by atoms with Crippen LogP contribution in [0, 0.1) is 0 Å². The zero-order chi connectivity index (χ0) is 12.0. The number of nitrogens with zero attached hydrogens (tertiary/aromatic N) is 2. The Morgan fingerprint density at radius 1 is 1.44 bits per heavy atom. The van der Waals surface area contributed by atoms with E-state index in [9.17, 15) is 0 Å². The highest BCUT2D eigenvalue weighted by atomic mass is 16.5. The van der Waals surface area contributed by atoms with Crippen LogP contribution in [-0.2, 0) is 0 Å². The van der Waals surface area contributed by atoms with E-state index in [0.29, 0.717) is 17.4 Å². The summed E-state index contributed by atoms with van der Waals surface area (Å²) in [5, 5.41) is 2.94. The summed E-state index contributed by atoms with van der Waals surface area (Å²) < 4.78 is 10.9. The molecule has 16 heavy (non-hydrogen) atoms. The summed E-state index contributed by atoms with van der Waals surface area (Å²) in [4.78, 5) is 8.14. The van der Waals surface area contributed by atoms with Crippen LogP contribution in [-0.4, -0.2) is 30.2 Å². The van der Waals surface area contributed by atoms with E-state index in [2.05, 4.69) is 22.2 Å². The number of hydrogen-bond donors (Lipinski definition) is 1. The van der Waals surface area contributed by atoms with Crippen LogP contribution in [0.5, 0.6) is 11.6 Å². The second kappa shape index (κ2) is 6.15. The molecule has 1 heterocycles. The van der Waals surface area contributed by atoms with Gasteiger partial charge in [0, 0.05) is 7.05 Å². The fourth-order valence-electron chi connectivity index (χ4n) is 1.46. The van der Waals surface area contributed by atoms with Crippen LogP contribution in [0.25, 0.3) is 0 Å². The Balaban J connectivity index is 2.86. The third-order valence-corrected chi connectivity index (χ3v) is 2.22. The van der Waals surface area contributed by atoms with Gasteiger partial charge in [-0.25, -0.2) is 4.98 Å². The molecule has 0 aliphatic rings. The Morgan fingerprint density at radius 3 is 2.75 bits per heavy atom. The van der Waals surface area contributed by atoms with E-state index >= 15 is 0 Å². The molecule has 0 aromatic carbocycles. The van der Waals surface area contributed by atoms with E-state index in [4.69, 9.17) is 9.47 Å². The molecule has 0 radical (unpaired) electrons. The van der Waals surface area contributed by atoms with Crippen LogP contribution in [0.2, 0.25) is 0 Å². The molecule has 0 aliphatic heterocycles. The summed E-state index contributed by atoms with van der Waals surface area (Å²) >= 11 is 0. The quantitative estimate of drug-likeness (QED) is 0.803. The van der Waals surface area contributed by atoms with Gasteiger partial charge in [-0.1, -0.05) is 13.3 Å². The van der Waals surface area contributed by atoms with Gasteiger partial charge in [-0.15, -0.1) is 0 Å². The van der Waals surface area contributed by atoms with Crippen molar-refractivity contribution in [2.75, 3.05) is 19.5 Å². The van der Waals surface area contributed by atoms with E-state index in [0.717, 1.165) is 12.8 Å². The number of ether oxygens (including phenoxy) is 2. The molecule has 90 valence electrons. The molecule has 5 nitrogen and oxygen atoms in total. The largest absolute Gasteiger partial charge is 0.489 e. The van der Waals surface area contributed by atoms with Gasteiger partial charge in [0.05, 0.1) is 13.2 Å². The lowest BCUT2D eigenvalue weighted by Gasteiger charge is -2.16. The topological polar surface area (TPSA) is 56.3 Å². The molecule has 1 unspecified atom stereocenters. The Kier molecular flexibility index (Phi) is 4.82. The Hall–Kier alpha value is -1.52. The first-order valence-corrected chi connectivity index (χ1v) is 5.46. The number of hydrogen-bond acceptors (Lipinski definition) is 5. The van der Waals surface area contributed by atoms with Crippen molar-refractivity contribution in [1.82, 2.24) is 9.97 Å². The molecule has 0 aliphatic carbocycles. The maximum atomic E-state index is 5.70. The molecule has 0 spiro atoms. The fourth-order valence-corrected chi connectivity index (χ4v) is 1.46. The molecule has 0 saturated heterocycles. The highest BCUT2D eigenvalue weighted by molar-refractivity contribution is 5.54. The molecule has 0 fully saturated rings. The fraction of sp³-hybridized carbons (Fsp3) is 0.636. The minimum Gasteiger partial charge on any atom is -0.489 e. The lowest BCUT2D eigenvalue weighted by atomic mass is 10.2. The Morgan fingerprint density at radius 2 is 2.19 bits per heavy atom. The lowest BCUT2D eigenvalue weighted by molar-refractivity contribution is 0.192. The van der Waals surface area contributed by atoms with Crippen molar-refractivity contribution < 1.29 is 9.47 Å². The highest BCUT2D eigenvalue weighted by Gasteiger charge is 2.14. The van der Waals surface area contributed by atoms with Crippen LogP contribution in [0.4, 0.5) is 5.82 Å². The van der Waals surface area contributed by atoms with Crippen molar-refractivity contribution in [3.63, 3.8) is 0 Å². The summed E-state index contributed by atoms with van der Waals surface area (Å²) in [7, 11) is 3.36. The standard InChI is InChI=1S/C11H19N3O2/c1-5-6-8(2)16-11-9(15-4)10(12-3)13-7-14-11/h7-8H,5-6H2,1-4H3,(H,12,13,14). The van der Waals surface area contributed by atoms with Gasteiger partial charge >= 0.3 is 0 Å². The maximum Gasteiger partial charge on any atom is 0.262 e. The molecular weight excluding hydrogens is 206 g/mol. The van der Waals surface area contributed by atoms with Crippen molar-refractivity contribution in [3.05, 3.63) is 6.33 Å². The number of rotatable bonds is 6. The van der Waals surface area contributed by atoms with Gasteiger partial charge in [0.2, 0.25) is 5.75 Å². The van der Waals surface area contributed by atoms with E-state index < -0.39 is 0 Å². The number of aromatic nitrogens is 2. The van der Waals surface area contributed by atoms with Crippen LogP contribution >= 0.6 is 0 Å². The summed E-state index contributed by atoms with van der Waals surface area (Å²) in [5.41, 5.74) is 0. The van der Waals surface area contributed by atoms with E-state index in [1.807, 2.05) is 6.92 Å². The molecule has 0 bridgehead atoms. The van der Waals surface area contributed by atoms with Gasteiger partial charge in [-0.3, -0.25) is 0 Å². The molecular formula is C11H19N3O2. The third-order valence-electron chi connectivity index (χ3n) is 2.22. The monoisotopic (exact) mass is 225 g/mol. The molecule has 1 N–H and O–H groups in total. The second-order valence-corrected chi connectivity index (χ2v) is 3.53. The molecule has 5 heteroatoms. The Labute approximate surface area is 96.2 Å². The molecule has 1 aromatic rings. The van der Waals surface area contributed by atoms with Gasteiger partial charge in [0.15, 0.2) is 5.82 Å². The van der Waals surface area contributed by atoms with Crippen molar-refractivity contribution in [3.8, 4) is 11.6 Å². The zero-order valence-corrected chi connectivity index (χ0v) is 10.3. The molecule has 0 saturated carbocycles.